The molecule has 3 aromatic rings. The number of halogens is 2. The minimum Gasteiger partial charge on any atom is -0.457 e. The van der Waals surface area contributed by atoms with Crippen molar-refractivity contribution in [3.8, 4) is 17.2 Å². The van der Waals surface area contributed by atoms with Gasteiger partial charge in [0.25, 0.3) is 0 Å². The molecule has 3 rings (SSSR count). The number of alkyl halides is 2. The average molecular weight is 412 g/mol. The average Bonchev–Trinajstić information content (AvgIpc) is 2.72. The first-order valence-electron chi connectivity index (χ1n) is 9.83. The van der Waals surface area contributed by atoms with Gasteiger partial charge in [-0.2, -0.15) is 8.78 Å². The summed E-state index contributed by atoms with van der Waals surface area (Å²) in [7, 11) is 0. The summed E-state index contributed by atoms with van der Waals surface area (Å²) in [5, 5.41) is 0. The first-order chi connectivity index (χ1) is 14.3. The molecule has 0 heterocycles. The van der Waals surface area contributed by atoms with Crippen molar-refractivity contribution in [2.75, 3.05) is 0 Å². The fourth-order valence-corrected chi connectivity index (χ4v) is 3.06. The first kappa shape index (κ1) is 21.8. The van der Waals surface area contributed by atoms with Gasteiger partial charge in [0.05, 0.1) is 12.7 Å². The molecule has 1 unspecified atom stereocenters. The molecule has 0 bridgehead atoms. The van der Waals surface area contributed by atoms with Crippen molar-refractivity contribution in [1.29, 1.82) is 0 Å². The van der Waals surface area contributed by atoms with E-state index in [-0.39, 0.29) is 11.9 Å². The normalized spacial score (nSPS) is 12.6. The first-order valence-corrected chi connectivity index (χ1v) is 9.83. The van der Waals surface area contributed by atoms with Crippen LogP contribution in [-0.4, -0.2) is 12.7 Å². The third-order valence-electron chi connectivity index (χ3n) is 5.20. The van der Waals surface area contributed by atoms with Crippen LogP contribution in [0.1, 0.15) is 31.9 Å². The predicted molar refractivity (Wildman–Crippen MR) is 113 cm³/mol. The minimum atomic E-state index is -2.84. The fraction of sp³-hybridized carbons (Fsp3) is 0.280. The van der Waals surface area contributed by atoms with E-state index in [0.29, 0.717) is 6.61 Å². The van der Waals surface area contributed by atoms with Gasteiger partial charge in [-0.15, -0.1) is 0 Å². The summed E-state index contributed by atoms with van der Waals surface area (Å²) in [6.07, 6.45) is -0.169. The molecule has 0 spiro atoms. The summed E-state index contributed by atoms with van der Waals surface area (Å²) in [5.41, 5.74) is 1.45. The van der Waals surface area contributed by atoms with Gasteiger partial charge in [0.15, 0.2) is 0 Å². The smallest absolute Gasteiger partial charge is 0.387 e. The van der Waals surface area contributed by atoms with Crippen LogP contribution in [0, 0.1) is 0 Å². The molecule has 0 saturated carbocycles. The largest absolute Gasteiger partial charge is 0.457 e. The highest BCUT2D eigenvalue weighted by atomic mass is 19.3. The van der Waals surface area contributed by atoms with E-state index in [2.05, 4.69) is 4.74 Å². The molecule has 3 nitrogen and oxygen atoms in total. The molecule has 158 valence electrons. The zero-order chi connectivity index (χ0) is 21.6. The third-order valence-corrected chi connectivity index (χ3v) is 5.20. The van der Waals surface area contributed by atoms with Crippen LogP contribution in [0.15, 0.2) is 78.9 Å². The summed E-state index contributed by atoms with van der Waals surface area (Å²) in [4.78, 5) is 0. The van der Waals surface area contributed by atoms with Crippen molar-refractivity contribution < 1.29 is 23.0 Å². The quantitative estimate of drug-likeness (QED) is 0.380. The Morgan fingerprint density at radius 2 is 1.47 bits per heavy atom. The molecule has 0 aliphatic rings. The number of hydrogen-bond donors (Lipinski definition) is 0. The topological polar surface area (TPSA) is 27.7 Å². The Bertz CT molecular complexity index is 942. The van der Waals surface area contributed by atoms with Crippen LogP contribution in [0.3, 0.4) is 0 Å². The van der Waals surface area contributed by atoms with Crippen molar-refractivity contribution in [2.24, 2.45) is 0 Å². The highest BCUT2D eigenvalue weighted by Gasteiger charge is 2.29. The number of ether oxygens (including phenoxy) is 3. The van der Waals surface area contributed by atoms with Gasteiger partial charge in [-0.05, 0) is 54.4 Å². The SMILES string of the molecule is CC(OCc1cccc(Oc2ccccc2)c1)C(C)(C)c1cccc(OC(F)F)c1. The van der Waals surface area contributed by atoms with Crippen LogP contribution < -0.4 is 9.47 Å². The predicted octanol–water partition coefficient (Wildman–Crippen LogP) is 6.96. The summed E-state index contributed by atoms with van der Waals surface area (Å²) in [6, 6.07) is 24.1. The van der Waals surface area contributed by atoms with Crippen molar-refractivity contribution in [1.82, 2.24) is 0 Å². The Kier molecular flexibility index (Phi) is 7.06. The lowest BCUT2D eigenvalue weighted by Gasteiger charge is -2.32. The highest BCUT2D eigenvalue weighted by Crippen LogP contribution is 2.32. The number of para-hydroxylation sites is 1. The number of benzene rings is 3. The minimum absolute atomic E-state index is 0.147. The van der Waals surface area contributed by atoms with Gasteiger partial charge >= 0.3 is 6.61 Å². The molecule has 0 aromatic heterocycles. The lowest BCUT2D eigenvalue weighted by molar-refractivity contribution is -0.0500. The van der Waals surface area contributed by atoms with Gasteiger partial charge in [-0.25, -0.2) is 0 Å². The lowest BCUT2D eigenvalue weighted by atomic mass is 9.80. The fourth-order valence-electron chi connectivity index (χ4n) is 3.06. The molecule has 5 heteroatoms. The van der Waals surface area contributed by atoms with E-state index in [9.17, 15) is 8.78 Å². The third kappa shape index (κ3) is 5.80. The molecule has 0 radical (unpaired) electrons. The number of hydrogen-bond acceptors (Lipinski definition) is 3. The lowest BCUT2D eigenvalue weighted by Crippen LogP contribution is -2.33. The van der Waals surface area contributed by atoms with Gasteiger partial charge in [-0.1, -0.05) is 56.3 Å². The molecule has 1 atom stereocenters. The van der Waals surface area contributed by atoms with Gasteiger partial charge in [-0.3, -0.25) is 0 Å². The summed E-state index contributed by atoms with van der Waals surface area (Å²) >= 11 is 0. The van der Waals surface area contributed by atoms with Crippen LogP contribution in [-0.2, 0) is 16.8 Å². The van der Waals surface area contributed by atoms with Crippen LogP contribution in [0.4, 0.5) is 8.78 Å². The van der Waals surface area contributed by atoms with Crippen LogP contribution in [0.5, 0.6) is 17.2 Å². The Balaban J connectivity index is 1.64. The standard InChI is InChI=1S/C25H26F2O3/c1-18(25(2,3)20-10-8-14-23(16-20)30-24(26)27)28-17-19-9-7-13-22(15-19)29-21-11-5-4-6-12-21/h4-16,18,24H,17H2,1-3H3. The van der Waals surface area contributed by atoms with E-state index in [0.717, 1.165) is 22.6 Å². The van der Waals surface area contributed by atoms with E-state index in [1.54, 1.807) is 12.1 Å². The molecular formula is C25H26F2O3. The Labute approximate surface area is 176 Å². The second-order valence-corrected chi connectivity index (χ2v) is 7.64. The maximum absolute atomic E-state index is 12.5. The summed E-state index contributed by atoms with van der Waals surface area (Å²) in [6.45, 7) is 3.58. The van der Waals surface area contributed by atoms with Gasteiger partial charge < -0.3 is 14.2 Å². The van der Waals surface area contributed by atoms with E-state index >= 15 is 0 Å². The molecule has 3 aromatic carbocycles. The molecular weight excluding hydrogens is 386 g/mol. The molecule has 0 N–H and O–H groups in total. The zero-order valence-electron chi connectivity index (χ0n) is 17.3. The van der Waals surface area contributed by atoms with E-state index in [4.69, 9.17) is 9.47 Å². The maximum atomic E-state index is 12.5. The van der Waals surface area contributed by atoms with E-state index in [1.165, 1.54) is 6.07 Å². The van der Waals surface area contributed by atoms with Crippen molar-refractivity contribution in [3.05, 3.63) is 90.0 Å². The molecule has 0 aliphatic carbocycles. The summed E-state index contributed by atoms with van der Waals surface area (Å²) < 4.78 is 41.6. The molecule has 0 amide bonds. The molecule has 0 aliphatic heterocycles. The maximum Gasteiger partial charge on any atom is 0.387 e. The zero-order valence-corrected chi connectivity index (χ0v) is 17.3. The number of rotatable bonds is 9. The van der Waals surface area contributed by atoms with Crippen molar-refractivity contribution in [2.45, 2.75) is 45.5 Å². The second-order valence-electron chi connectivity index (χ2n) is 7.64. The second kappa shape index (κ2) is 9.72. The molecule has 30 heavy (non-hydrogen) atoms. The van der Waals surface area contributed by atoms with Gasteiger partial charge in [0.1, 0.15) is 17.2 Å². The Hall–Kier alpha value is -2.92. The van der Waals surface area contributed by atoms with Crippen LogP contribution >= 0.6 is 0 Å². The van der Waals surface area contributed by atoms with E-state index in [1.807, 2.05) is 81.4 Å². The summed E-state index contributed by atoms with van der Waals surface area (Å²) in [5.74, 6) is 1.66. The van der Waals surface area contributed by atoms with Gasteiger partial charge in [0, 0.05) is 5.41 Å². The highest BCUT2D eigenvalue weighted by molar-refractivity contribution is 5.35. The van der Waals surface area contributed by atoms with Crippen LogP contribution in [0.25, 0.3) is 0 Å². The van der Waals surface area contributed by atoms with Crippen molar-refractivity contribution >= 4 is 0 Å². The van der Waals surface area contributed by atoms with Crippen molar-refractivity contribution in [3.63, 3.8) is 0 Å². The Morgan fingerprint density at radius 3 is 2.20 bits per heavy atom. The Morgan fingerprint density at radius 1 is 0.800 bits per heavy atom. The van der Waals surface area contributed by atoms with Crippen LogP contribution in [0.2, 0.25) is 0 Å². The van der Waals surface area contributed by atoms with E-state index < -0.39 is 12.0 Å². The molecule has 0 saturated heterocycles. The monoisotopic (exact) mass is 412 g/mol. The van der Waals surface area contributed by atoms with Gasteiger partial charge in [0.2, 0.25) is 0 Å². The molecule has 0 fully saturated rings.